The fraction of sp³-hybridized carbons (Fsp3) is 0.791. The molecule has 0 amide bonds. The van der Waals surface area contributed by atoms with Crippen LogP contribution in [0.15, 0.2) is 97.2 Å². The number of likely N-dealkylation sites (N-methyl/N-ethyl adjacent to an activating group) is 1. The Balaban J connectivity index is 3.94. The largest absolute Gasteiger partial charge is 0.472 e. The summed E-state index contributed by atoms with van der Waals surface area (Å²) >= 11 is 0. The van der Waals surface area contributed by atoms with Gasteiger partial charge >= 0.3 is 19.8 Å². The molecule has 2 atom stereocenters. The second kappa shape index (κ2) is 76.1. The third kappa shape index (κ3) is 79.9. The van der Waals surface area contributed by atoms with Crippen molar-refractivity contribution in [1.29, 1.82) is 0 Å². The summed E-state index contributed by atoms with van der Waals surface area (Å²) < 4.78 is 34.8. The highest BCUT2D eigenvalue weighted by molar-refractivity contribution is 7.47. The Labute approximate surface area is 595 Å². The van der Waals surface area contributed by atoms with Crippen LogP contribution in [-0.4, -0.2) is 74.9 Å². The number of quaternary nitrogens is 1. The second-order valence-corrected chi connectivity index (χ2v) is 30.2. The highest BCUT2D eigenvalue weighted by Crippen LogP contribution is 2.43. The van der Waals surface area contributed by atoms with E-state index in [1.54, 1.807) is 0 Å². The molecule has 10 heteroatoms. The van der Waals surface area contributed by atoms with E-state index in [-0.39, 0.29) is 25.6 Å². The van der Waals surface area contributed by atoms with Crippen molar-refractivity contribution >= 4 is 19.8 Å². The van der Waals surface area contributed by atoms with Crippen LogP contribution in [-0.2, 0) is 32.7 Å². The summed E-state index contributed by atoms with van der Waals surface area (Å²) in [6, 6.07) is 0. The number of phosphoric ester groups is 1. The Hall–Kier alpha value is -3.07. The summed E-state index contributed by atoms with van der Waals surface area (Å²) in [5, 5.41) is 0. The standard InChI is InChI=1S/C86H156NO8P/c1-6-8-10-12-14-16-18-20-22-24-26-28-30-32-34-36-38-40-42-43-45-47-49-51-53-55-57-59-61-63-65-67-69-71-73-75-77-79-86(89)95-84(83-94-96(90,91)93-81-80-87(3,4)5)82-92-85(88)78-76-74-72-70-68-66-64-62-60-58-56-54-52-50-48-46-44-41-39-37-35-33-31-29-27-25-23-21-19-17-15-13-11-9-7-2/h8,10,14,16,20,22,25-28,32,34,38,40,43,45,84H,6-7,9,11-13,15,17-19,21,23-24,29-31,33,35-37,39,41-42,44,46-83H2,1-5H3/p+1/b10-8-,16-14-,22-20-,27-25-,28-26-,34-32-,40-38-,45-43-. The average Bonchev–Trinajstić information content (AvgIpc) is 2.72. The van der Waals surface area contributed by atoms with Crippen LogP contribution in [0.5, 0.6) is 0 Å². The predicted octanol–water partition coefficient (Wildman–Crippen LogP) is 27.4. The Morgan fingerprint density at radius 2 is 0.594 bits per heavy atom. The van der Waals surface area contributed by atoms with Gasteiger partial charge in [-0.3, -0.25) is 18.6 Å². The first-order valence-corrected chi connectivity index (χ1v) is 42.5. The summed E-state index contributed by atoms with van der Waals surface area (Å²) in [5.74, 6) is -0.781. The Morgan fingerprint density at radius 1 is 0.333 bits per heavy atom. The minimum absolute atomic E-state index is 0.0311. The number of rotatable bonds is 76. The molecule has 0 aromatic carbocycles. The van der Waals surface area contributed by atoms with Crippen molar-refractivity contribution in [1.82, 2.24) is 0 Å². The maximum Gasteiger partial charge on any atom is 0.472 e. The zero-order chi connectivity index (χ0) is 69.7. The third-order valence-corrected chi connectivity index (χ3v) is 19.1. The lowest BCUT2D eigenvalue weighted by molar-refractivity contribution is -0.870. The van der Waals surface area contributed by atoms with Crippen LogP contribution in [0, 0.1) is 0 Å². The van der Waals surface area contributed by atoms with Crippen LogP contribution in [0.4, 0.5) is 0 Å². The van der Waals surface area contributed by atoms with Gasteiger partial charge in [-0.1, -0.05) is 374 Å². The zero-order valence-electron chi connectivity index (χ0n) is 63.9. The van der Waals surface area contributed by atoms with Crippen LogP contribution < -0.4 is 0 Å². The number of ether oxygens (including phenoxy) is 2. The van der Waals surface area contributed by atoms with Gasteiger partial charge in [0.15, 0.2) is 6.10 Å². The molecule has 96 heavy (non-hydrogen) atoms. The Bertz CT molecular complexity index is 1940. The average molecular weight is 1360 g/mol. The van der Waals surface area contributed by atoms with Crippen molar-refractivity contribution in [3.63, 3.8) is 0 Å². The summed E-state index contributed by atoms with van der Waals surface area (Å²) in [5.41, 5.74) is 0. The summed E-state index contributed by atoms with van der Waals surface area (Å²) in [7, 11) is 1.49. The van der Waals surface area contributed by atoms with Crippen molar-refractivity contribution in [2.75, 3.05) is 47.5 Å². The molecule has 1 N–H and O–H groups in total. The molecular formula is C86H157NO8P+. The van der Waals surface area contributed by atoms with Crippen LogP contribution in [0.2, 0.25) is 0 Å². The van der Waals surface area contributed by atoms with E-state index >= 15 is 0 Å². The molecule has 0 fully saturated rings. The van der Waals surface area contributed by atoms with E-state index in [2.05, 4.69) is 111 Å². The van der Waals surface area contributed by atoms with E-state index in [0.717, 1.165) is 83.5 Å². The van der Waals surface area contributed by atoms with E-state index in [0.29, 0.717) is 23.9 Å². The van der Waals surface area contributed by atoms with Gasteiger partial charge in [0.2, 0.25) is 0 Å². The first-order chi connectivity index (χ1) is 47.0. The van der Waals surface area contributed by atoms with Gasteiger partial charge in [-0.15, -0.1) is 0 Å². The number of carbonyl (C=O) groups is 2. The minimum atomic E-state index is -4.40. The van der Waals surface area contributed by atoms with Crippen LogP contribution in [0.25, 0.3) is 0 Å². The lowest BCUT2D eigenvalue weighted by Gasteiger charge is -2.24. The monoisotopic (exact) mass is 1360 g/mol. The van der Waals surface area contributed by atoms with Gasteiger partial charge in [0, 0.05) is 12.8 Å². The van der Waals surface area contributed by atoms with Gasteiger partial charge in [0.25, 0.3) is 0 Å². The Morgan fingerprint density at radius 3 is 0.896 bits per heavy atom. The predicted molar refractivity (Wildman–Crippen MR) is 418 cm³/mol. The highest BCUT2D eigenvalue weighted by Gasteiger charge is 2.27. The van der Waals surface area contributed by atoms with Crippen molar-refractivity contribution in [3.05, 3.63) is 97.2 Å². The molecule has 558 valence electrons. The third-order valence-electron chi connectivity index (χ3n) is 18.1. The lowest BCUT2D eigenvalue weighted by Crippen LogP contribution is -2.37. The normalized spacial score (nSPS) is 13.5. The van der Waals surface area contributed by atoms with E-state index in [9.17, 15) is 19.0 Å². The van der Waals surface area contributed by atoms with E-state index in [1.165, 1.54) is 270 Å². The fourth-order valence-corrected chi connectivity index (χ4v) is 12.6. The zero-order valence-corrected chi connectivity index (χ0v) is 64.7. The molecule has 0 heterocycles. The van der Waals surface area contributed by atoms with Gasteiger partial charge in [-0.25, -0.2) is 4.57 Å². The lowest BCUT2D eigenvalue weighted by atomic mass is 10.0. The molecular weight excluding hydrogens is 1210 g/mol. The number of unbranched alkanes of at least 4 members (excludes halogenated alkanes) is 46. The Kier molecular flexibility index (Phi) is 73.7. The SMILES string of the molecule is CC/C=C\C/C=C\C/C=C\C/C=C\C/C=C\C/C=C\C/C=C\CCCCCCCCCCCCCCCCCC(=O)OC(COC(=O)CCCCCCCCCCCCCCCCCCCCCCCCC/C=C\CCCCCCCCCC)COP(=O)(O)OCC[N+](C)(C)C. The van der Waals surface area contributed by atoms with E-state index < -0.39 is 26.5 Å². The molecule has 2 unspecified atom stereocenters. The topological polar surface area (TPSA) is 108 Å². The number of hydrogen-bond donors (Lipinski definition) is 1. The van der Waals surface area contributed by atoms with Gasteiger partial charge in [-0.05, 0) is 96.3 Å². The van der Waals surface area contributed by atoms with Crippen molar-refractivity contribution in [3.8, 4) is 0 Å². The highest BCUT2D eigenvalue weighted by atomic mass is 31.2. The van der Waals surface area contributed by atoms with Gasteiger partial charge in [0.1, 0.15) is 19.8 Å². The molecule has 0 saturated carbocycles. The number of phosphoric acid groups is 1. The van der Waals surface area contributed by atoms with Gasteiger partial charge < -0.3 is 18.9 Å². The molecule has 0 aliphatic rings. The molecule has 0 aromatic heterocycles. The number of esters is 2. The maximum atomic E-state index is 12.9. The molecule has 0 radical (unpaired) electrons. The molecule has 0 aliphatic carbocycles. The van der Waals surface area contributed by atoms with Crippen molar-refractivity contribution in [2.45, 2.75) is 392 Å². The molecule has 9 nitrogen and oxygen atoms in total. The molecule has 0 aliphatic heterocycles. The van der Waals surface area contributed by atoms with Crippen molar-refractivity contribution < 1.29 is 42.1 Å². The summed E-state index contributed by atoms with van der Waals surface area (Å²) in [6.07, 6.45) is 107. The first-order valence-electron chi connectivity index (χ1n) is 41.0. The smallest absolute Gasteiger partial charge is 0.462 e. The van der Waals surface area contributed by atoms with Crippen LogP contribution >= 0.6 is 7.82 Å². The maximum absolute atomic E-state index is 12.9. The quantitative estimate of drug-likeness (QED) is 0.0211. The van der Waals surface area contributed by atoms with Crippen molar-refractivity contribution in [2.24, 2.45) is 0 Å². The van der Waals surface area contributed by atoms with Gasteiger partial charge in [0.05, 0.1) is 27.7 Å². The molecule has 0 bridgehead atoms. The summed E-state index contributed by atoms with van der Waals surface area (Å²) in [6.45, 7) is 4.37. The number of nitrogens with zero attached hydrogens (tertiary/aromatic N) is 1. The second-order valence-electron chi connectivity index (χ2n) is 28.8. The van der Waals surface area contributed by atoms with Crippen LogP contribution in [0.3, 0.4) is 0 Å². The van der Waals surface area contributed by atoms with E-state index in [1.807, 2.05) is 21.1 Å². The van der Waals surface area contributed by atoms with Crippen LogP contribution in [0.1, 0.15) is 386 Å². The summed E-state index contributed by atoms with van der Waals surface area (Å²) in [4.78, 5) is 36.0. The number of carbonyl (C=O) groups excluding carboxylic acids is 2. The molecule has 0 aromatic rings. The number of allylic oxidation sites excluding steroid dienone is 16. The molecule has 0 spiro atoms. The minimum Gasteiger partial charge on any atom is -0.462 e. The molecule has 0 rings (SSSR count). The van der Waals surface area contributed by atoms with Gasteiger partial charge in [-0.2, -0.15) is 0 Å². The first kappa shape index (κ1) is 92.9. The fourth-order valence-electron chi connectivity index (χ4n) is 11.9. The number of hydrogen-bond acceptors (Lipinski definition) is 7. The van der Waals surface area contributed by atoms with E-state index in [4.69, 9.17) is 18.5 Å². The molecule has 0 saturated heterocycles.